The number of hydrogen-bond acceptors (Lipinski definition) is 1. The van der Waals surface area contributed by atoms with Crippen molar-refractivity contribution in [2.45, 2.75) is 12.8 Å². The zero-order valence-corrected chi connectivity index (χ0v) is 8.53. The molecule has 0 aliphatic rings. The van der Waals surface area contributed by atoms with Crippen LogP contribution in [0.5, 0.6) is 0 Å². The van der Waals surface area contributed by atoms with E-state index in [9.17, 15) is 0 Å². The van der Waals surface area contributed by atoms with Crippen molar-refractivity contribution in [3.63, 3.8) is 0 Å². The van der Waals surface area contributed by atoms with Crippen molar-refractivity contribution in [3.8, 4) is 0 Å². The van der Waals surface area contributed by atoms with Gasteiger partial charge in [-0.25, -0.2) is 0 Å². The zero-order chi connectivity index (χ0) is 9.97. The van der Waals surface area contributed by atoms with Crippen molar-refractivity contribution in [2.24, 2.45) is 12.8 Å². The molecule has 1 aromatic heterocycles. The summed E-state index contributed by atoms with van der Waals surface area (Å²) in [7, 11) is 2.08. The van der Waals surface area contributed by atoms with Crippen molar-refractivity contribution in [1.82, 2.24) is 4.57 Å². The van der Waals surface area contributed by atoms with Crippen LogP contribution in [0.1, 0.15) is 12.0 Å². The summed E-state index contributed by atoms with van der Waals surface area (Å²) < 4.78 is 2.15. The maximum Gasteiger partial charge on any atom is 0.0480 e. The summed E-state index contributed by atoms with van der Waals surface area (Å²) in [6, 6.07) is 8.65. The van der Waals surface area contributed by atoms with Gasteiger partial charge < -0.3 is 10.3 Å². The summed E-state index contributed by atoms with van der Waals surface area (Å²) in [4.78, 5) is 0. The average molecular weight is 188 g/mol. The second-order valence-electron chi connectivity index (χ2n) is 3.67. The Balaban J connectivity index is 2.44. The number of hydrogen-bond donors (Lipinski definition) is 1. The van der Waals surface area contributed by atoms with E-state index < -0.39 is 0 Å². The molecule has 0 aliphatic carbocycles. The highest BCUT2D eigenvalue weighted by Crippen LogP contribution is 2.20. The summed E-state index contributed by atoms with van der Waals surface area (Å²) in [6.45, 7) is 0.767. The molecule has 0 saturated carbocycles. The van der Waals surface area contributed by atoms with E-state index in [-0.39, 0.29) is 0 Å². The van der Waals surface area contributed by atoms with Crippen LogP contribution >= 0.6 is 0 Å². The van der Waals surface area contributed by atoms with Crippen molar-refractivity contribution in [1.29, 1.82) is 0 Å². The molecule has 0 aliphatic heterocycles. The maximum absolute atomic E-state index is 5.52. The molecule has 2 N–H and O–H groups in total. The molecular formula is C12H16N2. The molecule has 0 spiro atoms. The number of aromatic nitrogens is 1. The van der Waals surface area contributed by atoms with Gasteiger partial charge in [-0.2, -0.15) is 0 Å². The topological polar surface area (TPSA) is 30.9 Å². The number of rotatable bonds is 3. The third kappa shape index (κ3) is 1.53. The minimum atomic E-state index is 0.767. The second-order valence-corrected chi connectivity index (χ2v) is 3.67. The molecule has 2 heteroatoms. The van der Waals surface area contributed by atoms with E-state index in [1.54, 1.807) is 0 Å². The lowest BCUT2D eigenvalue weighted by Gasteiger charge is -2.02. The van der Waals surface area contributed by atoms with Crippen molar-refractivity contribution in [3.05, 3.63) is 36.0 Å². The average Bonchev–Trinajstić information content (AvgIpc) is 2.58. The van der Waals surface area contributed by atoms with Gasteiger partial charge in [0.25, 0.3) is 0 Å². The van der Waals surface area contributed by atoms with E-state index in [0.29, 0.717) is 0 Å². The molecule has 14 heavy (non-hydrogen) atoms. The van der Waals surface area contributed by atoms with Crippen molar-refractivity contribution >= 4 is 10.9 Å². The second kappa shape index (κ2) is 3.84. The lowest BCUT2D eigenvalue weighted by atomic mass is 10.1. The molecule has 1 heterocycles. The van der Waals surface area contributed by atoms with E-state index >= 15 is 0 Å². The molecule has 74 valence electrons. The summed E-state index contributed by atoms with van der Waals surface area (Å²) in [6.07, 6.45) is 4.25. The molecule has 0 fully saturated rings. The van der Waals surface area contributed by atoms with Crippen LogP contribution in [0.2, 0.25) is 0 Å². The molecule has 0 unspecified atom stereocenters. The van der Waals surface area contributed by atoms with Gasteiger partial charge in [0.2, 0.25) is 0 Å². The van der Waals surface area contributed by atoms with Crippen LogP contribution in [0.25, 0.3) is 10.9 Å². The molecule has 2 nitrogen and oxygen atoms in total. The lowest BCUT2D eigenvalue weighted by molar-refractivity contribution is 0.837. The molecule has 0 atom stereocenters. The highest BCUT2D eigenvalue weighted by Gasteiger charge is 2.02. The Morgan fingerprint density at radius 1 is 1.29 bits per heavy atom. The van der Waals surface area contributed by atoms with Gasteiger partial charge in [-0.1, -0.05) is 12.1 Å². The molecule has 0 saturated heterocycles. The van der Waals surface area contributed by atoms with Gasteiger partial charge in [0.15, 0.2) is 0 Å². The SMILES string of the molecule is Cn1ccc2c(CCCN)cccc21. The first-order chi connectivity index (χ1) is 6.83. The molecule has 0 amide bonds. The Morgan fingerprint density at radius 3 is 2.93 bits per heavy atom. The van der Waals surface area contributed by atoms with Crippen LogP contribution in [-0.2, 0) is 13.5 Å². The zero-order valence-electron chi connectivity index (χ0n) is 8.53. The van der Waals surface area contributed by atoms with Gasteiger partial charge in [0, 0.05) is 24.1 Å². The van der Waals surface area contributed by atoms with Crippen molar-refractivity contribution in [2.75, 3.05) is 6.54 Å². The number of nitrogens with two attached hydrogens (primary N) is 1. The third-order valence-corrected chi connectivity index (χ3v) is 2.67. The number of nitrogens with zero attached hydrogens (tertiary/aromatic N) is 1. The molecule has 0 bridgehead atoms. The molecule has 2 aromatic rings. The number of aryl methyl sites for hydroxylation is 2. The maximum atomic E-state index is 5.52. The number of benzene rings is 1. The smallest absolute Gasteiger partial charge is 0.0480 e. The van der Waals surface area contributed by atoms with Gasteiger partial charge >= 0.3 is 0 Å². The van der Waals surface area contributed by atoms with Gasteiger partial charge in [-0.3, -0.25) is 0 Å². The Kier molecular flexibility index (Phi) is 2.55. The lowest BCUT2D eigenvalue weighted by Crippen LogP contribution is -2.00. The van der Waals surface area contributed by atoms with Gasteiger partial charge in [-0.05, 0) is 37.1 Å². The predicted molar refractivity (Wildman–Crippen MR) is 60.3 cm³/mol. The molecule has 1 aromatic carbocycles. The fraction of sp³-hybridized carbons (Fsp3) is 0.333. The quantitative estimate of drug-likeness (QED) is 0.785. The first-order valence-electron chi connectivity index (χ1n) is 5.06. The summed E-state index contributed by atoms with van der Waals surface area (Å²) in [5.41, 5.74) is 8.24. The van der Waals surface area contributed by atoms with Crippen molar-refractivity contribution < 1.29 is 0 Å². The standard InChI is InChI=1S/C12H16N2/c1-14-9-7-11-10(5-3-8-13)4-2-6-12(11)14/h2,4,6-7,9H,3,5,8,13H2,1H3. The Morgan fingerprint density at radius 2 is 2.14 bits per heavy atom. The monoisotopic (exact) mass is 188 g/mol. The predicted octanol–water partition coefficient (Wildman–Crippen LogP) is 2.07. The normalized spacial score (nSPS) is 11.0. The first-order valence-corrected chi connectivity index (χ1v) is 5.06. The van der Waals surface area contributed by atoms with Crippen LogP contribution in [-0.4, -0.2) is 11.1 Å². The van der Waals surface area contributed by atoms with E-state index in [0.717, 1.165) is 19.4 Å². The van der Waals surface area contributed by atoms with E-state index in [1.807, 2.05) is 0 Å². The molecule has 0 radical (unpaired) electrons. The minimum Gasteiger partial charge on any atom is -0.351 e. The highest BCUT2D eigenvalue weighted by atomic mass is 14.9. The first kappa shape index (κ1) is 9.28. The van der Waals surface area contributed by atoms with Gasteiger partial charge in [-0.15, -0.1) is 0 Å². The van der Waals surface area contributed by atoms with Crippen LogP contribution in [0.15, 0.2) is 30.5 Å². The number of fused-ring (bicyclic) bond motifs is 1. The molecule has 2 rings (SSSR count). The Bertz CT molecular complexity index is 429. The Hall–Kier alpha value is -1.28. The van der Waals surface area contributed by atoms with Crippen LogP contribution in [0.4, 0.5) is 0 Å². The fourth-order valence-corrected chi connectivity index (χ4v) is 1.88. The summed E-state index contributed by atoms with van der Waals surface area (Å²) in [5, 5.41) is 1.36. The van der Waals surface area contributed by atoms with E-state index in [4.69, 9.17) is 5.73 Å². The Labute approximate surface area is 84.3 Å². The van der Waals surface area contributed by atoms with E-state index in [1.165, 1.54) is 16.5 Å². The van der Waals surface area contributed by atoms with Crippen LogP contribution in [0.3, 0.4) is 0 Å². The molecular weight excluding hydrogens is 172 g/mol. The van der Waals surface area contributed by atoms with Crippen LogP contribution in [0, 0.1) is 0 Å². The third-order valence-electron chi connectivity index (χ3n) is 2.67. The van der Waals surface area contributed by atoms with Gasteiger partial charge in [0.1, 0.15) is 0 Å². The minimum absolute atomic E-state index is 0.767. The summed E-state index contributed by atoms with van der Waals surface area (Å²) >= 11 is 0. The van der Waals surface area contributed by atoms with E-state index in [2.05, 4.69) is 42.1 Å². The fourth-order valence-electron chi connectivity index (χ4n) is 1.88. The largest absolute Gasteiger partial charge is 0.351 e. The highest BCUT2D eigenvalue weighted by molar-refractivity contribution is 5.83. The van der Waals surface area contributed by atoms with Gasteiger partial charge in [0.05, 0.1) is 0 Å². The summed E-state index contributed by atoms with van der Waals surface area (Å²) in [5.74, 6) is 0. The van der Waals surface area contributed by atoms with Crippen LogP contribution < -0.4 is 5.73 Å².